The number of rotatable bonds is 9. The van der Waals surface area contributed by atoms with Gasteiger partial charge in [-0.2, -0.15) is 0 Å². The molecule has 0 aromatic heterocycles. The van der Waals surface area contributed by atoms with Crippen molar-refractivity contribution in [2.75, 3.05) is 6.61 Å². The van der Waals surface area contributed by atoms with E-state index in [0.717, 1.165) is 19.3 Å². The zero-order chi connectivity index (χ0) is 11.5. The van der Waals surface area contributed by atoms with Crippen molar-refractivity contribution in [3.63, 3.8) is 0 Å². The Morgan fingerprint density at radius 1 is 1.20 bits per heavy atom. The fraction of sp³-hybridized carbons (Fsp3) is 0.917. The van der Waals surface area contributed by atoms with Crippen molar-refractivity contribution in [2.24, 2.45) is 0 Å². The molecular formula is C12H24O3. The highest BCUT2D eigenvalue weighted by molar-refractivity contribution is 5.69. The monoisotopic (exact) mass is 216 g/mol. The van der Waals surface area contributed by atoms with E-state index in [9.17, 15) is 9.90 Å². The summed E-state index contributed by atoms with van der Waals surface area (Å²) in [5.41, 5.74) is 0. The molecule has 0 fully saturated rings. The first-order valence-corrected chi connectivity index (χ1v) is 6.04. The van der Waals surface area contributed by atoms with Crippen LogP contribution in [0.1, 0.15) is 58.8 Å². The number of aliphatic hydroxyl groups excluding tert-OH is 1. The first-order valence-electron chi connectivity index (χ1n) is 6.04. The van der Waals surface area contributed by atoms with Gasteiger partial charge in [0.2, 0.25) is 0 Å². The summed E-state index contributed by atoms with van der Waals surface area (Å²) < 4.78 is 4.80. The second kappa shape index (κ2) is 9.97. The molecule has 90 valence electrons. The summed E-state index contributed by atoms with van der Waals surface area (Å²) in [5.74, 6) is -0.154. The molecule has 0 amide bonds. The smallest absolute Gasteiger partial charge is 0.305 e. The Labute approximate surface area is 92.8 Å². The second-order valence-electron chi connectivity index (χ2n) is 3.85. The number of hydrogen-bond donors (Lipinski definition) is 1. The van der Waals surface area contributed by atoms with Crippen LogP contribution < -0.4 is 0 Å². The molecule has 15 heavy (non-hydrogen) atoms. The minimum atomic E-state index is -0.244. The predicted octanol–water partition coefficient (Wildman–Crippen LogP) is 2.66. The average Bonchev–Trinajstić information content (AvgIpc) is 2.18. The highest BCUT2D eigenvalue weighted by Crippen LogP contribution is 2.09. The van der Waals surface area contributed by atoms with E-state index in [4.69, 9.17) is 4.74 Å². The molecule has 0 aliphatic heterocycles. The summed E-state index contributed by atoms with van der Waals surface area (Å²) >= 11 is 0. The standard InChI is InChI=1S/C12H24O3/c1-3-5-6-8-11(13)9-7-10-12(14)15-4-2/h11,13H,3-10H2,1-2H3/t11-/m1/s1. The Morgan fingerprint density at radius 3 is 2.47 bits per heavy atom. The number of carbonyl (C=O) groups excluding carboxylic acids is 1. The molecule has 1 atom stereocenters. The van der Waals surface area contributed by atoms with Crippen LogP contribution in [0.5, 0.6) is 0 Å². The Balaban J connectivity index is 3.30. The summed E-state index contributed by atoms with van der Waals surface area (Å²) in [6, 6.07) is 0. The van der Waals surface area contributed by atoms with Gasteiger partial charge < -0.3 is 9.84 Å². The molecule has 0 saturated heterocycles. The van der Waals surface area contributed by atoms with E-state index in [-0.39, 0.29) is 12.1 Å². The van der Waals surface area contributed by atoms with E-state index in [1.54, 1.807) is 6.92 Å². The van der Waals surface area contributed by atoms with E-state index < -0.39 is 0 Å². The number of esters is 1. The lowest BCUT2D eigenvalue weighted by Gasteiger charge is -2.09. The maximum Gasteiger partial charge on any atom is 0.305 e. The predicted molar refractivity (Wildman–Crippen MR) is 60.6 cm³/mol. The van der Waals surface area contributed by atoms with Gasteiger partial charge in [-0.25, -0.2) is 0 Å². The van der Waals surface area contributed by atoms with Crippen LogP contribution in [-0.2, 0) is 9.53 Å². The van der Waals surface area contributed by atoms with Gasteiger partial charge in [0, 0.05) is 6.42 Å². The van der Waals surface area contributed by atoms with Crippen LogP contribution in [-0.4, -0.2) is 23.8 Å². The van der Waals surface area contributed by atoms with Crippen molar-refractivity contribution in [3.8, 4) is 0 Å². The summed E-state index contributed by atoms with van der Waals surface area (Å²) in [6.07, 6.45) is 5.91. The molecule has 1 N–H and O–H groups in total. The lowest BCUT2D eigenvalue weighted by Crippen LogP contribution is -2.09. The third kappa shape index (κ3) is 9.73. The third-order valence-electron chi connectivity index (χ3n) is 2.36. The summed E-state index contributed by atoms with van der Waals surface area (Å²) in [7, 11) is 0. The van der Waals surface area contributed by atoms with Crippen molar-refractivity contribution in [2.45, 2.75) is 64.9 Å². The van der Waals surface area contributed by atoms with Gasteiger partial charge in [-0.1, -0.05) is 26.2 Å². The molecule has 0 bridgehead atoms. The van der Waals surface area contributed by atoms with E-state index in [1.807, 2.05) is 0 Å². The quantitative estimate of drug-likeness (QED) is 0.476. The first-order chi connectivity index (χ1) is 7.20. The van der Waals surface area contributed by atoms with Crippen molar-refractivity contribution < 1.29 is 14.6 Å². The molecule has 0 radical (unpaired) electrons. The van der Waals surface area contributed by atoms with Crippen molar-refractivity contribution in [1.82, 2.24) is 0 Å². The number of ether oxygens (including phenoxy) is 1. The Kier molecular flexibility index (Phi) is 9.59. The second-order valence-corrected chi connectivity index (χ2v) is 3.85. The lowest BCUT2D eigenvalue weighted by atomic mass is 10.1. The van der Waals surface area contributed by atoms with E-state index in [1.165, 1.54) is 12.8 Å². The van der Waals surface area contributed by atoms with Crippen LogP contribution in [0.15, 0.2) is 0 Å². The molecule has 0 aromatic carbocycles. The number of aliphatic hydroxyl groups is 1. The van der Waals surface area contributed by atoms with Crippen molar-refractivity contribution in [3.05, 3.63) is 0 Å². The Morgan fingerprint density at radius 2 is 1.87 bits per heavy atom. The van der Waals surface area contributed by atoms with E-state index in [0.29, 0.717) is 19.4 Å². The van der Waals surface area contributed by atoms with Gasteiger partial charge in [-0.15, -0.1) is 0 Å². The van der Waals surface area contributed by atoms with Crippen LogP contribution in [0.3, 0.4) is 0 Å². The minimum Gasteiger partial charge on any atom is -0.466 e. The van der Waals surface area contributed by atoms with Crippen LogP contribution in [0, 0.1) is 0 Å². The Hall–Kier alpha value is -0.570. The van der Waals surface area contributed by atoms with Crippen LogP contribution >= 0.6 is 0 Å². The summed E-state index contributed by atoms with van der Waals surface area (Å²) in [4.78, 5) is 11.0. The van der Waals surface area contributed by atoms with Gasteiger partial charge in [0.25, 0.3) is 0 Å². The van der Waals surface area contributed by atoms with Crippen molar-refractivity contribution in [1.29, 1.82) is 0 Å². The fourth-order valence-electron chi connectivity index (χ4n) is 1.49. The summed E-state index contributed by atoms with van der Waals surface area (Å²) in [5, 5.41) is 9.57. The van der Waals surface area contributed by atoms with Gasteiger partial charge in [0.15, 0.2) is 0 Å². The highest BCUT2D eigenvalue weighted by atomic mass is 16.5. The van der Waals surface area contributed by atoms with Gasteiger partial charge in [0.05, 0.1) is 12.7 Å². The maximum absolute atomic E-state index is 11.0. The largest absolute Gasteiger partial charge is 0.466 e. The first kappa shape index (κ1) is 14.4. The highest BCUT2D eigenvalue weighted by Gasteiger charge is 2.06. The molecular weight excluding hydrogens is 192 g/mol. The van der Waals surface area contributed by atoms with Crippen LogP contribution in [0.4, 0.5) is 0 Å². The molecule has 0 aromatic rings. The summed E-state index contributed by atoms with van der Waals surface area (Å²) in [6.45, 7) is 4.39. The SMILES string of the molecule is CCCCC[C@@H](O)CCCC(=O)OCC. The third-order valence-corrected chi connectivity index (χ3v) is 2.36. The van der Waals surface area contributed by atoms with E-state index in [2.05, 4.69) is 6.92 Å². The van der Waals surface area contributed by atoms with E-state index >= 15 is 0 Å². The molecule has 0 heterocycles. The molecule has 0 aliphatic carbocycles. The fourth-order valence-corrected chi connectivity index (χ4v) is 1.49. The molecule has 3 heteroatoms. The van der Waals surface area contributed by atoms with Gasteiger partial charge in [-0.05, 0) is 26.2 Å². The van der Waals surface area contributed by atoms with Gasteiger partial charge >= 0.3 is 5.97 Å². The van der Waals surface area contributed by atoms with Gasteiger partial charge in [-0.3, -0.25) is 4.79 Å². The zero-order valence-electron chi connectivity index (χ0n) is 10.00. The van der Waals surface area contributed by atoms with Crippen LogP contribution in [0.25, 0.3) is 0 Å². The minimum absolute atomic E-state index is 0.154. The molecule has 0 spiro atoms. The number of unbranched alkanes of at least 4 members (excludes halogenated alkanes) is 2. The van der Waals surface area contributed by atoms with Crippen LogP contribution in [0.2, 0.25) is 0 Å². The number of hydrogen-bond acceptors (Lipinski definition) is 3. The molecule has 0 saturated carbocycles. The average molecular weight is 216 g/mol. The zero-order valence-corrected chi connectivity index (χ0v) is 10.00. The molecule has 0 unspecified atom stereocenters. The van der Waals surface area contributed by atoms with Gasteiger partial charge in [0.1, 0.15) is 0 Å². The number of carbonyl (C=O) groups is 1. The normalized spacial score (nSPS) is 12.5. The topological polar surface area (TPSA) is 46.5 Å². The Bertz CT molecular complexity index is 157. The lowest BCUT2D eigenvalue weighted by molar-refractivity contribution is -0.143. The van der Waals surface area contributed by atoms with Crippen molar-refractivity contribution >= 4 is 5.97 Å². The maximum atomic E-state index is 11.0. The molecule has 0 aliphatic rings. The molecule has 3 nitrogen and oxygen atoms in total. The molecule has 0 rings (SSSR count).